The molecule has 7 heteroatoms. The number of sulfone groups is 1. The highest BCUT2D eigenvalue weighted by Crippen LogP contribution is 2.29. The Morgan fingerprint density at radius 1 is 1.25 bits per heavy atom. The molecule has 0 aliphatic heterocycles. The predicted octanol–water partition coefficient (Wildman–Crippen LogP) is 0.936. The smallest absolute Gasteiger partial charge is 0.280 e. The zero-order valence-electron chi connectivity index (χ0n) is 12.0. The molecule has 4 N–H and O–H groups in total. The van der Waals surface area contributed by atoms with Crippen LogP contribution in [0.2, 0.25) is 0 Å². The van der Waals surface area contributed by atoms with Crippen molar-refractivity contribution in [3.05, 3.63) is 28.8 Å². The first-order valence-corrected chi connectivity index (χ1v) is 7.92. The lowest BCUT2D eigenvalue weighted by Gasteiger charge is -2.16. The lowest BCUT2D eigenvalue weighted by Crippen LogP contribution is -2.24. The summed E-state index contributed by atoms with van der Waals surface area (Å²) in [6.45, 7) is 5.36. The molecule has 0 saturated carbocycles. The van der Waals surface area contributed by atoms with Crippen LogP contribution in [0.4, 0.5) is 0 Å². The van der Waals surface area contributed by atoms with E-state index in [2.05, 4.69) is 4.99 Å². The Morgan fingerprint density at radius 2 is 1.80 bits per heavy atom. The molecule has 20 heavy (non-hydrogen) atoms. The predicted molar refractivity (Wildman–Crippen MR) is 78.5 cm³/mol. The van der Waals surface area contributed by atoms with Crippen LogP contribution in [0.25, 0.3) is 0 Å². The van der Waals surface area contributed by atoms with Gasteiger partial charge in [0.25, 0.3) is 5.91 Å². The number of hydrogen-bond acceptors (Lipinski definition) is 3. The number of nitrogens with two attached hydrogens (primary N) is 2. The summed E-state index contributed by atoms with van der Waals surface area (Å²) in [5.74, 6) is -0.989. The molecule has 0 fully saturated rings. The number of aliphatic imine (C=N–C) groups is 1. The van der Waals surface area contributed by atoms with E-state index in [1.54, 1.807) is 19.1 Å². The molecule has 1 amide bonds. The first-order chi connectivity index (χ1) is 9.05. The van der Waals surface area contributed by atoms with Gasteiger partial charge < -0.3 is 11.5 Å². The first kappa shape index (κ1) is 16.2. The Hall–Kier alpha value is -1.89. The quantitative estimate of drug-likeness (QED) is 0.636. The fourth-order valence-corrected chi connectivity index (χ4v) is 3.47. The van der Waals surface area contributed by atoms with Crippen molar-refractivity contribution in [3.63, 3.8) is 0 Å². The van der Waals surface area contributed by atoms with Crippen LogP contribution in [0.5, 0.6) is 0 Å². The topological polar surface area (TPSA) is 116 Å². The van der Waals surface area contributed by atoms with Crippen LogP contribution in [0, 0.1) is 6.92 Å². The average molecular weight is 297 g/mol. The largest absolute Gasteiger partial charge is 0.370 e. The van der Waals surface area contributed by atoms with E-state index in [1.165, 1.54) is 0 Å². The molecule has 0 radical (unpaired) electrons. The van der Waals surface area contributed by atoms with E-state index in [0.29, 0.717) is 11.1 Å². The van der Waals surface area contributed by atoms with Crippen LogP contribution in [-0.2, 0) is 9.84 Å². The van der Waals surface area contributed by atoms with Crippen LogP contribution in [0.1, 0.15) is 41.3 Å². The fourth-order valence-electron chi connectivity index (χ4n) is 2.07. The maximum Gasteiger partial charge on any atom is 0.280 e. The summed E-state index contributed by atoms with van der Waals surface area (Å²) in [4.78, 5) is 15.5. The number of benzene rings is 1. The van der Waals surface area contributed by atoms with Crippen molar-refractivity contribution in [2.75, 3.05) is 6.26 Å². The van der Waals surface area contributed by atoms with E-state index in [1.807, 2.05) is 13.8 Å². The number of rotatable bonds is 3. The van der Waals surface area contributed by atoms with Gasteiger partial charge in [-0.2, -0.15) is 4.99 Å². The van der Waals surface area contributed by atoms with Gasteiger partial charge in [-0.25, -0.2) is 8.42 Å². The number of hydrogen-bond donors (Lipinski definition) is 2. The molecule has 1 rings (SSSR count). The fraction of sp³-hybridized carbons (Fsp3) is 0.385. The molecular formula is C13H19N3O3S. The Bertz CT molecular complexity index is 672. The lowest BCUT2D eigenvalue weighted by atomic mass is 9.97. The Labute approximate surface area is 118 Å². The molecule has 0 saturated heterocycles. The van der Waals surface area contributed by atoms with Crippen LogP contribution in [0.3, 0.4) is 0 Å². The number of amides is 1. The summed E-state index contributed by atoms with van der Waals surface area (Å²) in [6.07, 6.45) is 1.12. The first-order valence-electron chi connectivity index (χ1n) is 6.03. The van der Waals surface area contributed by atoms with Crippen molar-refractivity contribution in [2.24, 2.45) is 16.5 Å². The second kappa shape index (κ2) is 5.62. The number of nitrogens with zero attached hydrogens (tertiary/aromatic N) is 1. The number of carbonyl (C=O) groups excluding carboxylic acids is 1. The molecule has 0 aliphatic carbocycles. The van der Waals surface area contributed by atoms with E-state index < -0.39 is 15.7 Å². The summed E-state index contributed by atoms with van der Waals surface area (Å²) in [5, 5.41) is 0. The average Bonchev–Trinajstić information content (AvgIpc) is 2.25. The minimum atomic E-state index is -3.46. The maximum absolute atomic E-state index is 12.0. The van der Waals surface area contributed by atoms with E-state index in [9.17, 15) is 13.2 Å². The SMILES string of the molecule is Cc1c(C(=O)N=C(N)N)ccc(C(C)C)c1S(C)(=O)=O. The highest BCUT2D eigenvalue weighted by Gasteiger charge is 2.22. The third-order valence-electron chi connectivity index (χ3n) is 2.89. The molecule has 0 unspecified atom stereocenters. The van der Waals surface area contributed by atoms with Crippen molar-refractivity contribution in [3.8, 4) is 0 Å². The van der Waals surface area contributed by atoms with Crippen molar-refractivity contribution >= 4 is 21.7 Å². The summed E-state index contributed by atoms with van der Waals surface area (Å²) in [7, 11) is -3.46. The van der Waals surface area contributed by atoms with Gasteiger partial charge in [-0.3, -0.25) is 4.79 Å². The zero-order valence-corrected chi connectivity index (χ0v) is 12.8. The molecule has 1 aromatic carbocycles. The molecular weight excluding hydrogens is 278 g/mol. The van der Waals surface area contributed by atoms with Crippen LogP contribution < -0.4 is 11.5 Å². The van der Waals surface area contributed by atoms with Crippen LogP contribution in [-0.4, -0.2) is 26.5 Å². The van der Waals surface area contributed by atoms with Crippen molar-refractivity contribution in [2.45, 2.75) is 31.6 Å². The second-order valence-electron chi connectivity index (χ2n) is 4.93. The number of carbonyl (C=O) groups is 1. The van der Waals surface area contributed by atoms with Crippen molar-refractivity contribution < 1.29 is 13.2 Å². The Kier molecular flexibility index (Phi) is 4.54. The van der Waals surface area contributed by atoms with Gasteiger partial charge >= 0.3 is 0 Å². The van der Waals surface area contributed by atoms with Gasteiger partial charge in [0.2, 0.25) is 0 Å². The number of guanidine groups is 1. The van der Waals surface area contributed by atoms with E-state index >= 15 is 0 Å². The lowest BCUT2D eigenvalue weighted by molar-refractivity contribution is 0.100. The molecule has 0 bridgehead atoms. The Balaban J connectivity index is 3.64. The molecule has 110 valence electrons. The van der Waals surface area contributed by atoms with Crippen molar-refractivity contribution in [1.82, 2.24) is 0 Å². The highest BCUT2D eigenvalue weighted by molar-refractivity contribution is 7.90. The molecule has 6 nitrogen and oxygen atoms in total. The standard InChI is InChI=1S/C13H19N3O3S/c1-7(2)9-5-6-10(12(17)16-13(14)15)8(3)11(9)20(4,18)19/h5-7H,1-4H3,(H4,14,15,16,17). The summed E-state index contributed by atoms with van der Waals surface area (Å²) in [6, 6.07) is 3.18. The second-order valence-corrected chi connectivity index (χ2v) is 6.88. The van der Waals surface area contributed by atoms with Gasteiger partial charge in [-0.05, 0) is 30.0 Å². The minimum absolute atomic E-state index is 0.0191. The monoisotopic (exact) mass is 297 g/mol. The van der Waals surface area contributed by atoms with Gasteiger partial charge in [0.05, 0.1) is 4.90 Å². The molecule has 0 heterocycles. The van der Waals surface area contributed by atoms with E-state index in [-0.39, 0.29) is 22.3 Å². The Morgan fingerprint density at radius 3 is 2.20 bits per heavy atom. The summed E-state index contributed by atoms with van der Waals surface area (Å²) < 4.78 is 24.0. The van der Waals surface area contributed by atoms with Gasteiger partial charge in [-0.15, -0.1) is 0 Å². The van der Waals surface area contributed by atoms with Gasteiger partial charge in [0, 0.05) is 11.8 Å². The van der Waals surface area contributed by atoms with E-state index in [4.69, 9.17) is 11.5 Å². The van der Waals surface area contributed by atoms with Crippen LogP contribution >= 0.6 is 0 Å². The molecule has 0 atom stereocenters. The highest BCUT2D eigenvalue weighted by atomic mass is 32.2. The van der Waals surface area contributed by atoms with Gasteiger partial charge in [0.1, 0.15) is 0 Å². The minimum Gasteiger partial charge on any atom is -0.370 e. The van der Waals surface area contributed by atoms with E-state index in [0.717, 1.165) is 6.26 Å². The van der Waals surface area contributed by atoms with Gasteiger partial charge in [0.15, 0.2) is 15.8 Å². The molecule has 1 aromatic rings. The third-order valence-corrected chi connectivity index (χ3v) is 4.17. The molecule has 0 spiro atoms. The maximum atomic E-state index is 12.0. The summed E-state index contributed by atoms with van der Waals surface area (Å²) in [5.41, 5.74) is 11.6. The third kappa shape index (κ3) is 3.36. The molecule has 0 aliphatic rings. The normalized spacial score (nSPS) is 11.4. The summed E-state index contributed by atoms with van der Waals surface area (Å²) >= 11 is 0. The molecule has 0 aromatic heterocycles. The van der Waals surface area contributed by atoms with Gasteiger partial charge in [-0.1, -0.05) is 19.9 Å². The van der Waals surface area contributed by atoms with Crippen molar-refractivity contribution in [1.29, 1.82) is 0 Å². The van der Waals surface area contributed by atoms with Crippen LogP contribution in [0.15, 0.2) is 22.0 Å². The zero-order chi connectivity index (χ0) is 15.7.